The van der Waals surface area contributed by atoms with E-state index in [0.717, 1.165) is 12.3 Å². The normalized spacial score (nSPS) is 17.6. The van der Waals surface area contributed by atoms with Crippen LogP contribution in [0.3, 0.4) is 0 Å². The highest BCUT2D eigenvalue weighted by atomic mass is 16.5. The van der Waals surface area contributed by atoms with Crippen LogP contribution in [0.2, 0.25) is 0 Å². The van der Waals surface area contributed by atoms with Gasteiger partial charge in [-0.3, -0.25) is 0 Å². The number of rotatable bonds is 2. The lowest BCUT2D eigenvalue weighted by atomic mass is 9.98. The maximum absolute atomic E-state index is 5.53. The zero-order valence-electron chi connectivity index (χ0n) is 10.5. The van der Waals surface area contributed by atoms with E-state index in [4.69, 9.17) is 4.74 Å². The van der Waals surface area contributed by atoms with E-state index in [2.05, 4.69) is 43.2 Å². The second-order valence-electron chi connectivity index (χ2n) is 4.84. The molecule has 1 aromatic carbocycles. The molecule has 0 fully saturated rings. The van der Waals surface area contributed by atoms with Crippen molar-refractivity contribution < 1.29 is 4.74 Å². The minimum Gasteiger partial charge on any atom is -0.494 e. The van der Waals surface area contributed by atoms with Crippen LogP contribution in [-0.4, -0.2) is 25.7 Å². The molecule has 3 heteroatoms. The summed E-state index contributed by atoms with van der Waals surface area (Å²) in [5.41, 5.74) is 2.53. The molecule has 0 aromatic heterocycles. The topological polar surface area (TPSA) is 24.5 Å². The highest BCUT2D eigenvalue weighted by molar-refractivity contribution is 5.75. The number of hydrogen-bond acceptors (Lipinski definition) is 3. The van der Waals surface area contributed by atoms with Gasteiger partial charge in [0.15, 0.2) is 0 Å². The molecule has 1 heterocycles. The molecule has 0 amide bonds. The third kappa shape index (κ3) is 1.82. The molecule has 0 unspecified atom stereocenters. The molecule has 16 heavy (non-hydrogen) atoms. The van der Waals surface area contributed by atoms with Crippen molar-refractivity contribution in [1.29, 1.82) is 0 Å². The number of likely N-dealkylation sites (N-methyl/N-ethyl adjacent to an activating group) is 1. The molecule has 3 nitrogen and oxygen atoms in total. The monoisotopic (exact) mass is 220 g/mol. The summed E-state index contributed by atoms with van der Waals surface area (Å²) in [6.07, 6.45) is 0. The summed E-state index contributed by atoms with van der Waals surface area (Å²) in [6, 6.07) is 6.21. The fraction of sp³-hybridized carbons (Fsp3) is 0.538. The van der Waals surface area contributed by atoms with Crippen molar-refractivity contribution in [1.82, 2.24) is 0 Å². The van der Waals surface area contributed by atoms with E-state index in [-0.39, 0.29) is 5.54 Å². The number of nitrogens with one attached hydrogen (secondary N) is 1. The lowest BCUT2D eigenvalue weighted by Gasteiger charge is -2.43. The quantitative estimate of drug-likeness (QED) is 0.829. The van der Waals surface area contributed by atoms with E-state index < -0.39 is 0 Å². The summed E-state index contributed by atoms with van der Waals surface area (Å²) in [4.78, 5) is 2.31. The van der Waals surface area contributed by atoms with E-state index in [0.29, 0.717) is 6.61 Å². The molecule has 0 saturated heterocycles. The molecule has 1 aliphatic heterocycles. The zero-order chi connectivity index (χ0) is 11.8. The molecule has 0 atom stereocenters. The standard InChI is InChI=1S/C13H20N2O/c1-5-16-10-6-7-11-12(8-10)15(4)13(2,3)9-14-11/h6-8,14H,5,9H2,1-4H3. The Hall–Kier alpha value is -1.38. The van der Waals surface area contributed by atoms with Crippen LogP contribution in [0.5, 0.6) is 5.75 Å². The first-order valence-electron chi connectivity index (χ1n) is 5.79. The van der Waals surface area contributed by atoms with E-state index >= 15 is 0 Å². The third-order valence-corrected chi connectivity index (χ3v) is 3.26. The molecular weight excluding hydrogens is 200 g/mol. The number of ether oxygens (including phenoxy) is 1. The lowest BCUT2D eigenvalue weighted by Crippen LogP contribution is -2.49. The van der Waals surface area contributed by atoms with Crippen molar-refractivity contribution in [3.8, 4) is 5.75 Å². The van der Waals surface area contributed by atoms with Crippen LogP contribution in [0.1, 0.15) is 20.8 Å². The van der Waals surface area contributed by atoms with Gasteiger partial charge in [0.25, 0.3) is 0 Å². The zero-order valence-corrected chi connectivity index (χ0v) is 10.5. The van der Waals surface area contributed by atoms with Crippen LogP contribution in [0, 0.1) is 0 Å². The van der Waals surface area contributed by atoms with Crippen molar-refractivity contribution in [2.75, 3.05) is 30.4 Å². The maximum Gasteiger partial charge on any atom is 0.121 e. The van der Waals surface area contributed by atoms with Gasteiger partial charge < -0.3 is 15.0 Å². The van der Waals surface area contributed by atoms with Crippen molar-refractivity contribution >= 4 is 11.4 Å². The largest absolute Gasteiger partial charge is 0.494 e. The average molecular weight is 220 g/mol. The van der Waals surface area contributed by atoms with Gasteiger partial charge in [0.05, 0.1) is 23.5 Å². The molecule has 1 N–H and O–H groups in total. The molecule has 0 radical (unpaired) electrons. The molecule has 1 aliphatic rings. The first kappa shape index (κ1) is 11.1. The van der Waals surface area contributed by atoms with Gasteiger partial charge in [-0.2, -0.15) is 0 Å². The fourth-order valence-electron chi connectivity index (χ4n) is 1.95. The second-order valence-corrected chi connectivity index (χ2v) is 4.84. The van der Waals surface area contributed by atoms with Gasteiger partial charge in [-0.15, -0.1) is 0 Å². The molecular formula is C13H20N2O. The Kier molecular flexibility index (Phi) is 2.70. The lowest BCUT2D eigenvalue weighted by molar-refractivity contribution is 0.340. The van der Waals surface area contributed by atoms with Gasteiger partial charge in [0, 0.05) is 19.7 Å². The van der Waals surface area contributed by atoms with E-state index in [9.17, 15) is 0 Å². The molecule has 0 bridgehead atoms. The van der Waals surface area contributed by atoms with E-state index in [1.807, 2.05) is 13.0 Å². The van der Waals surface area contributed by atoms with Gasteiger partial charge >= 0.3 is 0 Å². The Balaban J connectivity index is 2.37. The van der Waals surface area contributed by atoms with Crippen molar-refractivity contribution in [2.24, 2.45) is 0 Å². The van der Waals surface area contributed by atoms with Crippen molar-refractivity contribution in [3.05, 3.63) is 18.2 Å². The van der Waals surface area contributed by atoms with Gasteiger partial charge in [-0.25, -0.2) is 0 Å². The van der Waals surface area contributed by atoms with Gasteiger partial charge in [-0.05, 0) is 32.9 Å². The Morgan fingerprint density at radius 2 is 2.19 bits per heavy atom. The molecule has 0 spiro atoms. The van der Waals surface area contributed by atoms with Crippen LogP contribution >= 0.6 is 0 Å². The SMILES string of the molecule is CCOc1ccc2c(c1)N(C)C(C)(C)CN2. The predicted molar refractivity (Wildman–Crippen MR) is 68.6 cm³/mol. The summed E-state index contributed by atoms with van der Waals surface area (Å²) >= 11 is 0. The summed E-state index contributed by atoms with van der Waals surface area (Å²) in [7, 11) is 2.13. The Morgan fingerprint density at radius 1 is 1.44 bits per heavy atom. The number of hydrogen-bond donors (Lipinski definition) is 1. The Morgan fingerprint density at radius 3 is 2.88 bits per heavy atom. The predicted octanol–water partition coefficient (Wildman–Crippen LogP) is 2.73. The van der Waals surface area contributed by atoms with Crippen LogP contribution in [0.25, 0.3) is 0 Å². The van der Waals surface area contributed by atoms with Crippen LogP contribution in [0.4, 0.5) is 11.4 Å². The average Bonchev–Trinajstić information content (AvgIpc) is 2.25. The number of benzene rings is 1. The highest BCUT2D eigenvalue weighted by Crippen LogP contribution is 2.37. The van der Waals surface area contributed by atoms with Crippen molar-refractivity contribution in [3.63, 3.8) is 0 Å². The van der Waals surface area contributed by atoms with Crippen LogP contribution in [-0.2, 0) is 0 Å². The molecule has 1 aromatic rings. The third-order valence-electron chi connectivity index (χ3n) is 3.26. The maximum atomic E-state index is 5.53. The van der Waals surface area contributed by atoms with Crippen molar-refractivity contribution in [2.45, 2.75) is 26.3 Å². The molecule has 2 rings (SSSR count). The van der Waals surface area contributed by atoms with E-state index in [1.54, 1.807) is 0 Å². The first-order chi connectivity index (χ1) is 7.54. The minimum absolute atomic E-state index is 0.137. The Labute approximate surface area is 97.4 Å². The van der Waals surface area contributed by atoms with Gasteiger partial charge in [0.2, 0.25) is 0 Å². The number of anilines is 2. The highest BCUT2D eigenvalue weighted by Gasteiger charge is 2.29. The second kappa shape index (κ2) is 3.89. The summed E-state index contributed by atoms with van der Waals surface area (Å²) in [5.74, 6) is 0.938. The van der Waals surface area contributed by atoms with Crippen LogP contribution in [0.15, 0.2) is 18.2 Å². The van der Waals surface area contributed by atoms with Gasteiger partial charge in [0.1, 0.15) is 5.75 Å². The molecule has 0 aliphatic carbocycles. The summed E-state index contributed by atoms with van der Waals surface area (Å²) in [5, 5.41) is 3.46. The fourth-order valence-corrected chi connectivity index (χ4v) is 1.95. The first-order valence-corrected chi connectivity index (χ1v) is 5.79. The summed E-state index contributed by atoms with van der Waals surface area (Å²) < 4.78 is 5.53. The van der Waals surface area contributed by atoms with Crippen LogP contribution < -0.4 is 15.0 Å². The Bertz CT molecular complexity index is 388. The van der Waals surface area contributed by atoms with E-state index in [1.165, 1.54) is 11.4 Å². The van der Waals surface area contributed by atoms with Gasteiger partial charge in [-0.1, -0.05) is 0 Å². The summed E-state index contributed by atoms with van der Waals surface area (Å²) in [6.45, 7) is 8.14. The molecule has 88 valence electrons. The number of nitrogens with zero attached hydrogens (tertiary/aromatic N) is 1. The molecule has 0 saturated carbocycles. The minimum atomic E-state index is 0.137. The smallest absolute Gasteiger partial charge is 0.121 e. The number of fused-ring (bicyclic) bond motifs is 1.